The molecule has 0 radical (unpaired) electrons. The van der Waals surface area contributed by atoms with Gasteiger partial charge in [0.05, 0.1) is 23.8 Å². The predicted octanol–water partition coefficient (Wildman–Crippen LogP) is -0.551. The molecule has 210 valence electrons. The number of hydrogen-bond donors (Lipinski definition) is 5. The maximum absolute atomic E-state index is 11.5. The zero-order valence-electron chi connectivity index (χ0n) is 21.5. The largest absolute Gasteiger partial charge is 0.400 e. The first-order valence-electron chi connectivity index (χ1n) is 11.2. The maximum atomic E-state index is 11.5. The molecule has 0 unspecified atom stereocenters. The van der Waals surface area contributed by atoms with Gasteiger partial charge in [-0.3, -0.25) is 23.9 Å². The number of hydrogen-bond acceptors (Lipinski definition) is 13. The highest BCUT2D eigenvalue weighted by Crippen LogP contribution is 2.24. The Hall–Kier alpha value is -3.86. The van der Waals surface area contributed by atoms with E-state index in [-0.39, 0.29) is 29.9 Å². The molecule has 1 atom stereocenters. The zero-order chi connectivity index (χ0) is 28.9. The molecular weight excluding hydrogens is 522 g/mol. The second-order valence-corrected chi connectivity index (χ2v) is 8.80. The highest BCUT2D eigenvalue weighted by molar-refractivity contribution is 7.85. The Morgan fingerprint density at radius 2 is 1.74 bits per heavy atom. The van der Waals surface area contributed by atoms with Crippen molar-refractivity contribution >= 4 is 45.3 Å². The molecule has 3 amide bonds. The Labute approximate surface area is 220 Å². The Bertz CT molecular complexity index is 1180. The van der Waals surface area contributed by atoms with Crippen LogP contribution in [0.5, 0.6) is 0 Å². The average Bonchev–Trinajstić information content (AvgIpc) is 3.18. The van der Waals surface area contributed by atoms with Crippen molar-refractivity contribution in [1.82, 2.24) is 20.0 Å². The van der Waals surface area contributed by atoms with Crippen molar-refractivity contribution in [3.05, 3.63) is 41.7 Å². The minimum absolute atomic E-state index is 0.191. The number of benzene rings is 1. The number of carbonyl (C=O) groups excluding carboxylic acids is 3. The number of nitrogen functional groups attached to an aromatic ring is 2. The van der Waals surface area contributed by atoms with E-state index in [0.29, 0.717) is 36.5 Å². The number of rotatable bonds is 10. The maximum Gasteiger partial charge on any atom is 0.362 e. The number of fused-ring (bicyclic) bond motifs is 1. The van der Waals surface area contributed by atoms with Crippen LogP contribution in [0.25, 0.3) is 0 Å². The van der Waals surface area contributed by atoms with Crippen LogP contribution in [0.15, 0.2) is 30.6 Å². The fourth-order valence-corrected chi connectivity index (χ4v) is 3.86. The molecule has 2 heterocycles. The van der Waals surface area contributed by atoms with Crippen molar-refractivity contribution in [2.75, 3.05) is 50.3 Å². The molecule has 0 aliphatic carbocycles. The van der Waals surface area contributed by atoms with Crippen molar-refractivity contribution in [3.63, 3.8) is 0 Å². The van der Waals surface area contributed by atoms with Crippen molar-refractivity contribution in [3.8, 4) is 0 Å². The minimum Gasteiger partial charge on any atom is -0.400 e. The number of ether oxygens (including phenoxy) is 1. The summed E-state index contributed by atoms with van der Waals surface area (Å²) in [5.74, 6) is -0.646. The lowest BCUT2D eigenvalue weighted by atomic mass is 10.1. The molecule has 0 bridgehead atoms. The first-order chi connectivity index (χ1) is 18.0. The van der Waals surface area contributed by atoms with E-state index in [1.807, 2.05) is 11.8 Å². The van der Waals surface area contributed by atoms with Crippen LogP contribution < -0.4 is 26.4 Å². The van der Waals surface area contributed by atoms with Crippen molar-refractivity contribution in [2.45, 2.75) is 26.4 Å². The average molecular weight is 556 g/mol. The minimum atomic E-state index is -4.14. The molecule has 1 aromatic carbocycles. The quantitative estimate of drug-likeness (QED) is 0.232. The number of aromatic nitrogens is 2. The van der Waals surface area contributed by atoms with Crippen LogP contribution in [0.1, 0.15) is 41.0 Å². The van der Waals surface area contributed by atoms with Crippen LogP contribution in [-0.2, 0) is 24.0 Å². The summed E-state index contributed by atoms with van der Waals surface area (Å²) >= 11 is 0. The molecule has 1 aromatic heterocycles. The number of aliphatic hydroxyl groups is 1. The van der Waals surface area contributed by atoms with E-state index >= 15 is 0 Å². The summed E-state index contributed by atoms with van der Waals surface area (Å²) in [7, 11) is -1.71. The molecule has 1 aliphatic rings. The van der Waals surface area contributed by atoms with Crippen LogP contribution in [0, 0.1) is 0 Å². The van der Waals surface area contributed by atoms with Gasteiger partial charge in [-0.1, -0.05) is 12.1 Å². The third-order valence-electron chi connectivity index (χ3n) is 4.95. The number of imide groups is 1. The molecule has 0 saturated carbocycles. The molecule has 1 aliphatic heterocycles. The molecular formula is C22H33N7O8S. The van der Waals surface area contributed by atoms with E-state index < -0.39 is 22.3 Å². The van der Waals surface area contributed by atoms with Crippen LogP contribution in [0.2, 0.25) is 0 Å². The number of nitrogens with two attached hydrogens (primary N) is 2. The van der Waals surface area contributed by atoms with Crippen LogP contribution in [0.4, 0.5) is 17.3 Å². The van der Waals surface area contributed by atoms with Gasteiger partial charge in [0.25, 0.3) is 11.8 Å². The van der Waals surface area contributed by atoms with Crippen molar-refractivity contribution < 1.29 is 36.8 Å². The lowest BCUT2D eigenvalue weighted by Gasteiger charge is -2.25. The lowest BCUT2D eigenvalue weighted by molar-refractivity contribution is -0.117. The van der Waals surface area contributed by atoms with Gasteiger partial charge >= 0.3 is 10.3 Å². The van der Waals surface area contributed by atoms with Gasteiger partial charge in [0.15, 0.2) is 11.6 Å². The van der Waals surface area contributed by atoms with Crippen molar-refractivity contribution in [2.24, 2.45) is 0 Å². The second kappa shape index (κ2) is 15.4. The van der Waals surface area contributed by atoms with E-state index in [4.69, 9.17) is 25.5 Å². The number of nitrogens with zero attached hydrogens (tertiary/aromatic N) is 3. The highest BCUT2D eigenvalue weighted by Gasteiger charge is 2.25. The summed E-state index contributed by atoms with van der Waals surface area (Å²) in [6.07, 6.45) is 1.24. The highest BCUT2D eigenvalue weighted by atomic mass is 32.2. The molecule has 2 aromatic rings. The van der Waals surface area contributed by atoms with Gasteiger partial charge < -0.3 is 26.2 Å². The zero-order valence-corrected chi connectivity index (χ0v) is 22.3. The second-order valence-electron chi connectivity index (χ2n) is 7.45. The van der Waals surface area contributed by atoms with Gasteiger partial charge in [-0.05, 0) is 25.5 Å². The van der Waals surface area contributed by atoms with Crippen molar-refractivity contribution in [1.29, 1.82) is 0 Å². The SMILES string of the molecule is CCN(CC[C@@H](COS(=O)(=O)NC(C)=O)OC)c1ncnc(N)c1N.CO.O=C1NC(=O)c2ccccc21. The molecule has 38 heavy (non-hydrogen) atoms. The molecule has 0 spiro atoms. The monoisotopic (exact) mass is 555 g/mol. The smallest absolute Gasteiger partial charge is 0.362 e. The Kier molecular flexibility index (Phi) is 13.0. The number of aliphatic hydroxyl groups excluding tert-OH is 1. The number of carbonyl (C=O) groups is 3. The molecule has 15 nitrogen and oxygen atoms in total. The van der Waals surface area contributed by atoms with Gasteiger partial charge in [0.2, 0.25) is 5.91 Å². The molecule has 16 heteroatoms. The third-order valence-corrected chi connectivity index (χ3v) is 5.93. The predicted molar refractivity (Wildman–Crippen MR) is 139 cm³/mol. The summed E-state index contributed by atoms with van der Waals surface area (Å²) in [5.41, 5.74) is 12.8. The summed E-state index contributed by atoms with van der Waals surface area (Å²) in [4.78, 5) is 42.5. The molecule has 0 fully saturated rings. The Balaban J connectivity index is 0.000000455. The number of amides is 3. The van der Waals surface area contributed by atoms with E-state index in [1.165, 1.54) is 13.4 Å². The third kappa shape index (κ3) is 9.55. The van der Waals surface area contributed by atoms with Crippen LogP contribution >= 0.6 is 0 Å². The Morgan fingerprint density at radius 3 is 2.24 bits per heavy atom. The van der Waals surface area contributed by atoms with Gasteiger partial charge in [0, 0.05) is 34.2 Å². The van der Waals surface area contributed by atoms with Gasteiger partial charge in [-0.25, -0.2) is 14.7 Å². The van der Waals surface area contributed by atoms with E-state index in [0.717, 1.165) is 14.0 Å². The normalized spacial score (nSPS) is 12.7. The van der Waals surface area contributed by atoms with E-state index in [9.17, 15) is 22.8 Å². The van der Waals surface area contributed by atoms with Gasteiger partial charge in [-0.2, -0.15) is 8.42 Å². The fourth-order valence-electron chi connectivity index (χ4n) is 3.12. The first kappa shape index (κ1) is 32.2. The molecule has 3 rings (SSSR count). The summed E-state index contributed by atoms with van der Waals surface area (Å²) in [6.45, 7) is 3.82. The summed E-state index contributed by atoms with van der Waals surface area (Å²) < 4.78 is 34.6. The Morgan fingerprint density at radius 1 is 1.16 bits per heavy atom. The van der Waals surface area contributed by atoms with Gasteiger partial charge in [0.1, 0.15) is 12.0 Å². The standard InChI is InChI=1S/C13H24N6O5S.C8H5NO2.CH4O/c1-4-19(13-11(14)12(15)16-8-17-13)6-5-10(23-3)7-24-25(21,22)18-9(2)20;10-7-5-3-1-2-4-6(5)8(11)9-7;1-2/h8,10H,4-7,14H2,1-3H3,(H,18,20)(H2,15,16,17);1-4H,(H,9,10,11);2H,1H3/t10-;;/m0../s1. The number of methoxy groups -OCH3 is 1. The number of anilines is 3. The van der Waals surface area contributed by atoms with Crippen LogP contribution in [-0.4, -0.2) is 81.2 Å². The van der Waals surface area contributed by atoms with Crippen LogP contribution in [0.3, 0.4) is 0 Å². The van der Waals surface area contributed by atoms with E-state index in [1.54, 1.807) is 29.0 Å². The van der Waals surface area contributed by atoms with Gasteiger partial charge in [-0.15, -0.1) is 0 Å². The molecule has 0 saturated heterocycles. The first-order valence-corrected chi connectivity index (χ1v) is 12.6. The molecule has 7 N–H and O–H groups in total. The summed E-state index contributed by atoms with van der Waals surface area (Å²) in [5, 5.41) is 9.20. The fraction of sp³-hybridized carbons (Fsp3) is 0.409. The number of nitrogens with one attached hydrogen (secondary N) is 2. The lowest BCUT2D eigenvalue weighted by Crippen LogP contribution is -2.34. The van der Waals surface area contributed by atoms with E-state index in [2.05, 4.69) is 15.3 Å². The summed E-state index contributed by atoms with van der Waals surface area (Å²) in [6, 6.07) is 6.74. The topological polar surface area (TPSA) is 229 Å².